The number of nitrogens with one attached hydrogen (secondary N) is 1. The molecule has 0 radical (unpaired) electrons. The number of anilines is 1. The van der Waals surface area contributed by atoms with Gasteiger partial charge in [-0.15, -0.1) is 5.10 Å². The second-order valence-electron chi connectivity index (χ2n) is 10.9. The average Bonchev–Trinajstić information content (AvgIpc) is 3.49. The summed E-state index contributed by atoms with van der Waals surface area (Å²) in [4.78, 5) is 60.1. The number of amides is 2. The van der Waals surface area contributed by atoms with Gasteiger partial charge in [-0.3, -0.25) is 18.8 Å². The molecular weight excluding hydrogens is 596 g/mol. The van der Waals surface area contributed by atoms with Crippen LogP contribution in [0.1, 0.15) is 27.3 Å². The molecule has 16 nitrogen and oxygen atoms in total. The Hall–Kier alpha value is -5.64. The van der Waals surface area contributed by atoms with Crippen molar-refractivity contribution >= 4 is 41.4 Å². The molecule has 240 valence electrons. The minimum absolute atomic E-state index is 0.00872. The van der Waals surface area contributed by atoms with E-state index in [2.05, 4.69) is 20.8 Å². The Balaban J connectivity index is 1.40. The molecular formula is C30H34N10O6. The number of nitrogens with zero attached hydrogens (tertiary/aromatic N) is 9. The number of tetrazole rings is 1. The van der Waals surface area contributed by atoms with E-state index in [1.807, 2.05) is 29.2 Å². The molecule has 0 saturated carbocycles. The van der Waals surface area contributed by atoms with Gasteiger partial charge in [0.2, 0.25) is 11.8 Å². The molecule has 0 aliphatic carbocycles. The van der Waals surface area contributed by atoms with E-state index in [1.54, 1.807) is 47.8 Å². The molecule has 46 heavy (non-hydrogen) atoms. The molecule has 0 bridgehead atoms. The van der Waals surface area contributed by atoms with E-state index in [9.17, 15) is 24.3 Å². The zero-order chi connectivity index (χ0) is 32.8. The Morgan fingerprint density at radius 3 is 2.48 bits per heavy atom. The third-order valence-corrected chi connectivity index (χ3v) is 7.37. The molecule has 0 atom stereocenters. The number of fused-ring (bicyclic) bond motifs is 1. The summed E-state index contributed by atoms with van der Waals surface area (Å²) >= 11 is 0. The number of rotatable bonds is 11. The van der Waals surface area contributed by atoms with Crippen LogP contribution in [0.25, 0.3) is 17.8 Å². The van der Waals surface area contributed by atoms with Crippen molar-refractivity contribution in [2.45, 2.75) is 6.54 Å². The molecule has 2 amide bonds. The van der Waals surface area contributed by atoms with Gasteiger partial charge in [-0.2, -0.15) is 0 Å². The van der Waals surface area contributed by atoms with Gasteiger partial charge in [0.1, 0.15) is 17.2 Å². The van der Waals surface area contributed by atoms with Crippen LogP contribution in [0.3, 0.4) is 0 Å². The van der Waals surface area contributed by atoms with E-state index >= 15 is 0 Å². The molecule has 1 aromatic carbocycles. The van der Waals surface area contributed by atoms with Gasteiger partial charge in [0, 0.05) is 32.4 Å². The number of piperazine rings is 1. The molecule has 0 spiro atoms. The standard InChI is InChI=1S/C30H34N10O6/c1-36(2)19-26(41)31-17-27(42)37-12-14-38(15-13-37)28-23(29(43)39-11-10-21(30(44)45)16-25(39)32-28)8-9-24-33-34-35-40(24)18-20-4-6-22(46-3)7-5-20/h4-11,16H,12-15,17-19H2,1-3H3,(H,31,41)(H,44,45). The lowest BCUT2D eigenvalue weighted by Crippen LogP contribution is -2.52. The number of ether oxygens (including phenoxy) is 1. The Morgan fingerprint density at radius 2 is 1.80 bits per heavy atom. The first-order chi connectivity index (χ1) is 22.1. The number of methoxy groups -OCH3 is 1. The highest BCUT2D eigenvalue weighted by molar-refractivity contribution is 5.89. The number of pyridine rings is 1. The first-order valence-electron chi connectivity index (χ1n) is 14.4. The summed E-state index contributed by atoms with van der Waals surface area (Å²) in [6, 6.07) is 10.2. The molecule has 2 N–H and O–H groups in total. The number of hydrogen-bond acceptors (Lipinski definition) is 11. The number of carbonyl (C=O) groups excluding carboxylic acids is 2. The Bertz CT molecular complexity index is 1820. The summed E-state index contributed by atoms with van der Waals surface area (Å²) in [5, 5.41) is 24.1. The van der Waals surface area contributed by atoms with Gasteiger partial charge in [-0.05, 0) is 66.5 Å². The fourth-order valence-electron chi connectivity index (χ4n) is 4.96. The summed E-state index contributed by atoms with van der Waals surface area (Å²) in [5.74, 6) is -0.137. The van der Waals surface area contributed by atoms with Gasteiger partial charge in [0.15, 0.2) is 5.82 Å². The first-order valence-corrected chi connectivity index (χ1v) is 14.4. The minimum atomic E-state index is -1.14. The maximum absolute atomic E-state index is 13.8. The van der Waals surface area contributed by atoms with E-state index < -0.39 is 11.5 Å². The van der Waals surface area contributed by atoms with Crippen molar-refractivity contribution in [3.63, 3.8) is 0 Å². The molecule has 4 aromatic rings. The summed E-state index contributed by atoms with van der Waals surface area (Å²) in [7, 11) is 5.13. The van der Waals surface area contributed by atoms with Gasteiger partial charge in [-0.1, -0.05) is 12.1 Å². The molecule has 1 aliphatic rings. The highest BCUT2D eigenvalue weighted by Crippen LogP contribution is 2.21. The van der Waals surface area contributed by atoms with Crippen molar-refractivity contribution in [2.24, 2.45) is 0 Å². The molecule has 1 fully saturated rings. The summed E-state index contributed by atoms with van der Waals surface area (Å²) in [6.07, 6.45) is 4.60. The molecule has 1 aliphatic heterocycles. The quantitative estimate of drug-likeness (QED) is 0.226. The normalized spacial score (nSPS) is 13.5. The lowest BCUT2D eigenvalue weighted by Gasteiger charge is -2.36. The van der Waals surface area contributed by atoms with E-state index in [-0.39, 0.29) is 41.7 Å². The Kier molecular flexibility index (Phi) is 9.66. The lowest BCUT2D eigenvalue weighted by molar-refractivity contribution is -0.133. The molecule has 1 saturated heterocycles. The number of carbonyl (C=O) groups is 3. The van der Waals surface area contributed by atoms with Crippen LogP contribution in [-0.2, 0) is 16.1 Å². The fourth-order valence-corrected chi connectivity index (χ4v) is 4.96. The van der Waals surface area contributed by atoms with Crippen LogP contribution in [0, 0.1) is 0 Å². The predicted molar refractivity (Wildman–Crippen MR) is 168 cm³/mol. The van der Waals surface area contributed by atoms with Crippen molar-refractivity contribution in [3.8, 4) is 5.75 Å². The Morgan fingerprint density at radius 1 is 1.07 bits per heavy atom. The van der Waals surface area contributed by atoms with Crippen LogP contribution in [0.15, 0.2) is 47.4 Å². The zero-order valence-corrected chi connectivity index (χ0v) is 25.7. The lowest BCUT2D eigenvalue weighted by atomic mass is 10.2. The highest BCUT2D eigenvalue weighted by atomic mass is 16.5. The van der Waals surface area contributed by atoms with Crippen molar-refractivity contribution in [3.05, 3.63) is 75.5 Å². The topological polar surface area (TPSA) is 180 Å². The van der Waals surface area contributed by atoms with Crippen molar-refractivity contribution in [1.82, 2.24) is 44.7 Å². The number of likely N-dealkylation sites (N-methyl/N-ethyl adjacent to an activating group) is 1. The second-order valence-corrected chi connectivity index (χ2v) is 10.9. The highest BCUT2D eigenvalue weighted by Gasteiger charge is 2.25. The van der Waals surface area contributed by atoms with Crippen LogP contribution in [0.4, 0.5) is 5.82 Å². The number of hydrogen-bond donors (Lipinski definition) is 2. The third kappa shape index (κ3) is 7.35. The SMILES string of the molecule is COc1ccc(Cn2nnnc2C=Cc2c(N3CCN(C(=O)CNC(=O)CN(C)C)CC3)nc3cc(C(=O)O)ccn3c2=O)cc1. The number of carboxylic acid groups (broad SMARTS) is 1. The van der Waals surface area contributed by atoms with Crippen LogP contribution in [-0.4, -0.2) is 123 Å². The smallest absolute Gasteiger partial charge is 0.335 e. The van der Waals surface area contributed by atoms with Crippen molar-refractivity contribution < 1.29 is 24.2 Å². The number of carboxylic acids is 1. The third-order valence-electron chi connectivity index (χ3n) is 7.37. The molecule has 0 unspecified atom stereocenters. The maximum atomic E-state index is 13.8. The maximum Gasteiger partial charge on any atom is 0.335 e. The fraction of sp³-hybridized carbons (Fsp3) is 0.333. The zero-order valence-electron chi connectivity index (χ0n) is 25.7. The summed E-state index contributed by atoms with van der Waals surface area (Å²) < 4.78 is 8.09. The number of aromatic carboxylic acids is 1. The van der Waals surface area contributed by atoms with E-state index in [0.717, 1.165) is 11.3 Å². The molecule has 3 aromatic heterocycles. The van der Waals surface area contributed by atoms with Crippen LogP contribution in [0.2, 0.25) is 0 Å². The monoisotopic (exact) mass is 630 g/mol. The predicted octanol–water partition coefficient (Wildman–Crippen LogP) is -0.0671. The average molecular weight is 631 g/mol. The van der Waals surface area contributed by atoms with Gasteiger partial charge in [-0.25, -0.2) is 14.5 Å². The van der Waals surface area contributed by atoms with Crippen LogP contribution in [0.5, 0.6) is 5.75 Å². The van der Waals surface area contributed by atoms with Crippen LogP contribution >= 0.6 is 0 Å². The molecule has 5 rings (SSSR count). The number of aromatic nitrogens is 6. The minimum Gasteiger partial charge on any atom is -0.497 e. The molecule has 4 heterocycles. The Labute approximate surface area is 263 Å². The van der Waals surface area contributed by atoms with Gasteiger partial charge < -0.3 is 29.9 Å². The summed E-state index contributed by atoms with van der Waals surface area (Å²) in [6.45, 7) is 1.83. The van der Waals surface area contributed by atoms with E-state index in [0.29, 0.717) is 44.4 Å². The van der Waals surface area contributed by atoms with Gasteiger partial charge in [0.05, 0.1) is 37.9 Å². The van der Waals surface area contributed by atoms with Crippen LogP contribution < -0.4 is 20.5 Å². The van der Waals surface area contributed by atoms with E-state index in [1.165, 1.54) is 22.7 Å². The van der Waals surface area contributed by atoms with Gasteiger partial charge in [0.25, 0.3) is 5.56 Å². The number of benzene rings is 1. The largest absolute Gasteiger partial charge is 0.497 e. The second kappa shape index (κ2) is 14.0. The van der Waals surface area contributed by atoms with E-state index in [4.69, 9.17) is 9.72 Å². The van der Waals surface area contributed by atoms with Crippen molar-refractivity contribution in [1.29, 1.82) is 0 Å². The summed E-state index contributed by atoms with van der Waals surface area (Å²) in [5.41, 5.74) is 0.934. The van der Waals surface area contributed by atoms with Gasteiger partial charge >= 0.3 is 5.97 Å². The molecule has 16 heteroatoms. The van der Waals surface area contributed by atoms with Crippen molar-refractivity contribution in [2.75, 3.05) is 65.4 Å². The first kappa shape index (κ1) is 31.8.